The number of nitrogens with zero attached hydrogens (tertiary/aromatic N) is 1. The topological polar surface area (TPSA) is 71.1 Å². The first-order chi connectivity index (χ1) is 8.90. The summed E-state index contributed by atoms with van der Waals surface area (Å²) in [6, 6.07) is -1.15. The summed E-state index contributed by atoms with van der Waals surface area (Å²) in [5.74, 6) is -0.789. The summed E-state index contributed by atoms with van der Waals surface area (Å²) in [6.07, 6.45) is -1.15. The molecule has 1 unspecified atom stereocenters. The van der Waals surface area contributed by atoms with Gasteiger partial charge in [-0.15, -0.1) is 0 Å². The second-order valence-electron chi connectivity index (χ2n) is 3.79. The molecule has 0 aromatic heterocycles. The molecule has 0 radical (unpaired) electrons. The van der Waals surface area contributed by atoms with Gasteiger partial charge < -0.3 is 10.1 Å². The predicted octanol–water partition coefficient (Wildman–Crippen LogP) is -0.492. The van der Waals surface area contributed by atoms with E-state index in [1.807, 2.05) is 0 Å². The van der Waals surface area contributed by atoms with E-state index in [9.17, 15) is 27.6 Å². The molecule has 1 aliphatic heterocycles. The van der Waals surface area contributed by atoms with Crippen molar-refractivity contribution in [3.05, 3.63) is 23.9 Å². The van der Waals surface area contributed by atoms with Crippen LogP contribution in [0.15, 0.2) is 23.9 Å². The lowest BCUT2D eigenvalue weighted by Gasteiger charge is -2.20. The van der Waals surface area contributed by atoms with Crippen molar-refractivity contribution in [2.24, 2.45) is 0 Å². The third-order valence-electron chi connectivity index (χ3n) is 2.46. The highest BCUT2D eigenvalue weighted by molar-refractivity contribution is 5.90. The molecule has 1 rings (SSSR count). The SMILES string of the molecule is O=CCCN(C=O)C(=O)C1C=C(C(F)(F)F)C=C[NH2+]1. The van der Waals surface area contributed by atoms with Crippen LogP contribution in [0.5, 0.6) is 0 Å². The van der Waals surface area contributed by atoms with Crippen molar-refractivity contribution in [1.29, 1.82) is 0 Å². The van der Waals surface area contributed by atoms with E-state index in [0.29, 0.717) is 11.2 Å². The number of hydrogen-bond donors (Lipinski definition) is 1. The number of amides is 2. The zero-order valence-electron chi connectivity index (χ0n) is 9.76. The van der Waals surface area contributed by atoms with Gasteiger partial charge in [-0.1, -0.05) is 0 Å². The highest BCUT2D eigenvalue weighted by Gasteiger charge is 2.37. The molecule has 1 heterocycles. The molecular weight excluding hydrogens is 265 g/mol. The Hall–Kier alpha value is -1.96. The number of carbonyl (C=O) groups is 3. The van der Waals surface area contributed by atoms with Gasteiger partial charge in [-0.2, -0.15) is 13.2 Å². The quantitative estimate of drug-likeness (QED) is 0.689. The number of alkyl halides is 3. The Bertz CT molecular complexity index is 429. The predicted molar refractivity (Wildman–Crippen MR) is 57.4 cm³/mol. The first kappa shape index (κ1) is 15.1. The summed E-state index contributed by atoms with van der Waals surface area (Å²) >= 11 is 0. The number of aldehydes is 1. The van der Waals surface area contributed by atoms with E-state index in [0.717, 1.165) is 18.4 Å². The van der Waals surface area contributed by atoms with Gasteiger partial charge >= 0.3 is 6.18 Å². The number of allylic oxidation sites excluding steroid dienone is 2. The van der Waals surface area contributed by atoms with E-state index < -0.39 is 23.7 Å². The third kappa shape index (κ3) is 4.02. The molecule has 8 heteroatoms. The van der Waals surface area contributed by atoms with Crippen molar-refractivity contribution in [3.8, 4) is 0 Å². The molecule has 0 spiro atoms. The number of quaternary nitrogens is 1. The summed E-state index contributed by atoms with van der Waals surface area (Å²) in [6.45, 7) is -0.144. The number of rotatable bonds is 5. The van der Waals surface area contributed by atoms with E-state index in [-0.39, 0.29) is 19.4 Å². The second-order valence-corrected chi connectivity index (χ2v) is 3.79. The molecule has 2 N–H and O–H groups in total. The highest BCUT2D eigenvalue weighted by atomic mass is 19.4. The van der Waals surface area contributed by atoms with Gasteiger partial charge in [0.25, 0.3) is 5.91 Å². The molecule has 19 heavy (non-hydrogen) atoms. The molecule has 2 amide bonds. The van der Waals surface area contributed by atoms with E-state index in [1.54, 1.807) is 0 Å². The monoisotopic (exact) mass is 277 g/mol. The zero-order valence-corrected chi connectivity index (χ0v) is 9.76. The van der Waals surface area contributed by atoms with Crippen LogP contribution in [0.1, 0.15) is 6.42 Å². The molecule has 0 aliphatic carbocycles. The molecule has 0 fully saturated rings. The Labute approximate surface area is 106 Å². The number of carbonyl (C=O) groups excluding carboxylic acids is 3. The Kier molecular flexibility index (Phi) is 4.99. The third-order valence-corrected chi connectivity index (χ3v) is 2.46. The van der Waals surface area contributed by atoms with Gasteiger partial charge in [0, 0.05) is 19.0 Å². The lowest BCUT2D eigenvalue weighted by molar-refractivity contribution is -0.603. The summed E-state index contributed by atoms with van der Waals surface area (Å²) in [7, 11) is 0. The van der Waals surface area contributed by atoms with Crippen LogP contribution in [0, 0.1) is 0 Å². The van der Waals surface area contributed by atoms with Crippen molar-refractivity contribution >= 4 is 18.6 Å². The molecule has 104 valence electrons. The summed E-state index contributed by atoms with van der Waals surface area (Å²) in [5.41, 5.74) is -0.936. The maximum atomic E-state index is 12.5. The van der Waals surface area contributed by atoms with Crippen molar-refractivity contribution in [2.75, 3.05) is 6.54 Å². The maximum absolute atomic E-state index is 12.5. The van der Waals surface area contributed by atoms with Crippen LogP contribution in [0.2, 0.25) is 0 Å². The largest absolute Gasteiger partial charge is 0.416 e. The van der Waals surface area contributed by atoms with Crippen molar-refractivity contribution in [2.45, 2.75) is 18.6 Å². The van der Waals surface area contributed by atoms with Gasteiger partial charge in [0.05, 0.1) is 11.8 Å². The molecule has 5 nitrogen and oxygen atoms in total. The fourth-order valence-electron chi connectivity index (χ4n) is 1.52. The smallest absolute Gasteiger partial charge is 0.306 e. The molecule has 0 bridgehead atoms. The average Bonchev–Trinajstić information content (AvgIpc) is 2.38. The average molecular weight is 277 g/mol. The summed E-state index contributed by atoms with van der Waals surface area (Å²) < 4.78 is 37.5. The van der Waals surface area contributed by atoms with E-state index in [2.05, 4.69) is 0 Å². The Balaban J connectivity index is 2.82. The van der Waals surface area contributed by atoms with E-state index >= 15 is 0 Å². The molecule has 0 saturated heterocycles. The molecule has 1 atom stereocenters. The number of nitrogens with two attached hydrogens (primary N) is 1. The minimum absolute atomic E-state index is 0.0527. The molecule has 0 saturated carbocycles. The van der Waals surface area contributed by atoms with Gasteiger partial charge in [-0.25, -0.2) is 0 Å². The maximum Gasteiger partial charge on any atom is 0.416 e. The van der Waals surface area contributed by atoms with Crippen LogP contribution in [-0.2, 0) is 14.4 Å². The van der Waals surface area contributed by atoms with Gasteiger partial charge in [-0.05, 0) is 6.08 Å². The number of hydrogen-bond acceptors (Lipinski definition) is 3. The van der Waals surface area contributed by atoms with Crippen LogP contribution in [0.4, 0.5) is 13.2 Å². The summed E-state index contributed by atoms with van der Waals surface area (Å²) in [5, 5.41) is 1.26. The van der Waals surface area contributed by atoms with Crippen molar-refractivity contribution in [3.63, 3.8) is 0 Å². The zero-order chi connectivity index (χ0) is 14.5. The number of halogens is 3. The Morgan fingerprint density at radius 2 is 2.11 bits per heavy atom. The van der Waals surface area contributed by atoms with Gasteiger partial charge in [0.2, 0.25) is 6.41 Å². The van der Waals surface area contributed by atoms with E-state index in [4.69, 9.17) is 0 Å². The first-order valence-corrected chi connectivity index (χ1v) is 5.40. The molecular formula is C11H12F3N2O3+. The van der Waals surface area contributed by atoms with Gasteiger partial charge in [-0.3, -0.25) is 14.5 Å². The Morgan fingerprint density at radius 1 is 1.42 bits per heavy atom. The van der Waals surface area contributed by atoms with Gasteiger partial charge in [0.15, 0.2) is 6.04 Å². The van der Waals surface area contributed by atoms with Crippen LogP contribution < -0.4 is 5.32 Å². The lowest BCUT2D eigenvalue weighted by atomic mass is 10.1. The Morgan fingerprint density at radius 3 is 2.63 bits per heavy atom. The normalized spacial score (nSPS) is 18.7. The molecule has 0 aromatic carbocycles. The van der Waals surface area contributed by atoms with Crippen LogP contribution in [0.3, 0.4) is 0 Å². The number of imide groups is 1. The van der Waals surface area contributed by atoms with Gasteiger partial charge in [0.1, 0.15) is 6.29 Å². The first-order valence-electron chi connectivity index (χ1n) is 5.40. The molecule has 0 aromatic rings. The fourth-order valence-corrected chi connectivity index (χ4v) is 1.52. The van der Waals surface area contributed by atoms with Crippen molar-refractivity contribution < 1.29 is 32.9 Å². The molecule has 1 aliphatic rings. The fraction of sp³-hybridized carbons (Fsp3) is 0.364. The van der Waals surface area contributed by atoms with Crippen LogP contribution >= 0.6 is 0 Å². The summed E-state index contributed by atoms with van der Waals surface area (Å²) in [4.78, 5) is 33.4. The van der Waals surface area contributed by atoms with Crippen molar-refractivity contribution in [1.82, 2.24) is 4.90 Å². The minimum Gasteiger partial charge on any atom is -0.306 e. The van der Waals surface area contributed by atoms with E-state index in [1.165, 1.54) is 5.32 Å². The highest BCUT2D eigenvalue weighted by Crippen LogP contribution is 2.27. The minimum atomic E-state index is -4.54. The standard InChI is InChI=1S/C11H11F3N2O3/c12-11(13,14)8-2-3-15-9(6-8)10(19)16(7-18)4-1-5-17/h2-3,5-7,9,15H,1,4H2/p+1. The van der Waals surface area contributed by atoms with Crippen LogP contribution in [0.25, 0.3) is 0 Å². The van der Waals surface area contributed by atoms with Crippen LogP contribution in [-0.4, -0.2) is 42.3 Å². The lowest BCUT2D eigenvalue weighted by Crippen LogP contribution is -2.88. The second kappa shape index (κ2) is 6.28.